The molecule has 1 aromatic heterocycles. The van der Waals surface area contributed by atoms with E-state index in [1.165, 1.54) is 0 Å². The highest BCUT2D eigenvalue weighted by molar-refractivity contribution is 5.88. The Labute approximate surface area is 125 Å². The second-order valence-electron chi connectivity index (χ2n) is 5.09. The first-order valence-electron chi connectivity index (χ1n) is 7.14. The molecule has 1 saturated heterocycles. The Morgan fingerprint density at radius 1 is 1.33 bits per heavy atom. The second-order valence-corrected chi connectivity index (χ2v) is 5.09. The van der Waals surface area contributed by atoms with Crippen LogP contribution in [-0.4, -0.2) is 74.2 Å². The quantitative estimate of drug-likeness (QED) is 0.825. The van der Waals surface area contributed by atoms with E-state index < -0.39 is 0 Å². The van der Waals surface area contributed by atoms with E-state index in [2.05, 4.69) is 32.5 Å². The van der Waals surface area contributed by atoms with Crippen LogP contribution in [0.2, 0.25) is 0 Å². The third kappa shape index (κ3) is 5.20. The zero-order valence-electron chi connectivity index (χ0n) is 12.6. The maximum absolute atomic E-state index is 11.8. The number of anilines is 1. The van der Waals surface area contributed by atoms with Crippen molar-refractivity contribution in [2.75, 3.05) is 58.7 Å². The molecule has 1 aliphatic heterocycles. The highest BCUT2D eigenvalue weighted by Gasteiger charge is 2.13. The first-order chi connectivity index (χ1) is 10.2. The van der Waals surface area contributed by atoms with Crippen molar-refractivity contribution in [1.29, 1.82) is 0 Å². The van der Waals surface area contributed by atoms with Gasteiger partial charge in [0, 0.05) is 45.3 Å². The molecule has 1 fully saturated rings. The van der Waals surface area contributed by atoms with Gasteiger partial charge in [-0.05, 0) is 13.1 Å². The molecule has 0 bridgehead atoms. The van der Waals surface area contributed by atoms with Crippen molar-refractivity contribution in [2.24, 2.45) is 0 Å². The van der Waals surface area contributed by atoms with Crippen LogP contribution in [-0.2, 0) is 0 Å². The van der Waals surface area contributed by atoms with E-state index in [4.69, 9.17) is 4.74 Å². The lowest BCUT2D eigenvalue weighted by Gasteiger charge is -2.32. The zero-order chi connectivity index (χ0) is 15.1. The Balaban J connectivity index is 1.67. The van der Waals surface area contributed by atoms with Crippen LogP contribution >= 0.6 is 0 Å². The minimum absolute atomic E-state index is 0.245. The normalized spacial score (nSPS) is 16.5. The van der Waals surface area contributed by atoms with Crippen LogP contribution < -0.4 is 15.4 Å². The topological polar surface area (TPSA) is 69.7 Å². The molecule has 0 radical (unpaired) electrons. The number of pyridine rings is 1. The van der Waals surface area contributed by atoms with Gasteiger partial charge in [0.05, 0.1) is 7.11 Å². The highest BCUT2D eigenvalue weighted by atomic mass is 16.5. The number of nitrogens with zero attached hydrogens (tertiary/aromatic N) is 3. The summed E-state index contributed by atoms with van der Waals surface area (Å²) >= 11 is 0. The van der Waals surface area contributed by atoms with E-state index in [1.54, 1.807) is 25.3 Å². The molecule has 116 valence electrons. The minimum Gasteiger partial charge on any atom is -0.481 e. The fraction of sp³-hybridized carbons (Fsp3) is 0.571. The van der Waals surface area contributed by atoms with E-state index in [-0.39, 0.29) is 6.03 Å². The van der Waals surface area contributed by atoms with Gasteiger partial charge in [-0.3, -0.25) is 10.2 Å². The number of ether oxygens (including phenoxy) is 1. The maximum Gasteiger partial charge on any atom is 0.320 e. The van der Waals surface area contributed by atoms with Crippen molar-refractivity contribution in [3.8, 4) is 5.88 Å². The molecule has 0 atom stereocenters. The van der Waals surface area contributed by atoms with E-state index in [9.17, 15) is 4.79 Å². The van der Waals surface area contributed by atoms with Crippen LogP contribution in [0, 0.1) is 0 Å². The molecule has 0 spiro atoms. The monoisotopic (exact) mass is 293 g/mol. The van der Waals surface area contributed by atoms with Gasteiger partial charge < -0.3 is 15.0 Å². The first kappa shape index (κ1) is 15.5. The van der Waals surface area contributed by atoms with Gasteiger partial charge in [-0.15, -0.1) is 0 Å². The molecule has 0 aliphatic carbocycles. The van der Waals surface area contributed by atoms with Crippen LogP contribution in [0.4, 0.5) is 10.6 Å². The molecule has 21 heavy (non-hydrogen) atoms. The summed E-state index contributed by atoms with van der Waals surface area (Å²) in [5, 5.41) is 5.53. The number of aromatic nitrogens is 1. The number of likely N-dealkylation sites (N-methyl/N-ethyl adjacent to an activating group) is 1. The molecule has 2 rings (SSSR count). The van der Waals surface area contributed by atoms with Crippen molar-refractivity contribution >= 4 is 11.8 Å². The van der Waals surface area contributed by atoms with Gasteiger partial charge in [0.1, 0.15) is 5.82 Å². The van der Waals surface area contributed by atoms with Gasteiger partial charge in [-0.2, -0.15) is 4.98 Å². The summed E-state index contributed by atoms with van der Waals surface area (Å²) in [4.78, 5) is 20.6. The number of urea groups is 1. The number of methoxy groups -OCH3 is 1. The van der Waals surface area contributed by atoms with Gasteiger partial charge in [-0.25, -0.2) is 4.79 Å². The van der Waals surface area contributed by atoms with Gasteiger partial charge in [0.2, 0.25) is 5.88 Å². The van der Waals surface area contributed by atoms with Gasteiger partial charge in [-0.1, -0.05) is 6.07 Å². The van der Waals surface area contributed by atoms with E-state index in [1.807, 2.05) is 0 Å². The molecule has 2 N–H and O–H groups in total. The molecule has 1 aromatic rings. The largest absolute Gasteiger partial charge is 0.481 e. The number of hydrogen-bond acceptors (Lipinski definition) is 5. The molecule has 2 heterocycles. The van der Waals surface area contributed by atoms with Crippen molar-refractivity contribution in [3.63, 3.8) is 0 Å². The zero-order valence-corrected chi connectivity index (χ0v) is 12.6. The summed E-state index contributed by atoms with van der Waals surface area (Å²) < 4.78 is 5.01. The molecule has 7 heteroatoms. The molecular weight excluding hydrogens is 270 g/mol. The van der Waals surface area contributed by atoms with Gasteiger partial charge in [0.25, 0.3) is 0 Å². The number of amides is 2. The lowest BCUT2D eigenvalue weighted by Crippen LogP contribution is -2.47. The average Bonchev–Trinajstić information content (AvgIpc) is 2.49. The van der Waals surface area contributed by atoms with Crippen LogP contribution in [0.5, 0.6) is 5.88 Å². The standard InChI is InChI=1S/C14H23N5O2/c1-18-8-10-19(11-9-18)7-6-15-14(20)17-12-4-3-5-13(16-12)21-2/h3-5H,6-11H2,1-2H3,(H2,15,16,17,20). The fourth-order valence-corrected chi connectivity index (χ4v) is 2.16. The summed E-state index contributed by atoms with van der Waals surface area (Å²) in [6.45, 7) is 5.76. The van der Waals surface area contributed by atoms with Crippen LogP contribution in [0.1, 0.15) is 0 Å². The summed E-state index contributed by atoms with van der Waals surface area (Å²) in [7, 11) is 3.67. The molecule has 7 nitrogen and oxygen atoms in total. The first-order valence-corrected chi connectivity index (χ1v) is 7.14. The highest BCUT2D eigenvalue weighted by Crippen LogP contribution is 2.10. The second kappa shape index (κ2) is 7.80. The SMILES string of the molecule is COc1cccc(NC(=O)NCCN2CCN(C)CC2)n1. The Morgan fingerprint density at radius 2 is 2.10 bits per heavy atom. The fourth-order valence-electron chi connectivity index (χ4n) is 2.16. The predicted molar refractivity (Wildman–Crippen MR) is 81.7 cm³/mol. The molecule has 0 unspecified atom stereocenters. The Morgan fingerprint density at radius 3 is 2.81 bits per heavy atom. The summed E-state index contributed by atoms with van der Waals surface area (Å²) in [6.07, 6.45) is 0. The smallest absolute Gasteiger partial charge is 0.320 e. The summed E-state index contributed by atoms with van der Waals surface area (Å²) in [5.41, 5.74) is 0. The van der Waals surface area contributed by atoms with Gasteiger partial charge >= 0.3 is 6.03 Å². The molecule has 0 aromatic carbocycles. The van der Waals surface area contributed by atoms with E-state index in [0.717, 1.165) is 32.7 Å². The Hall–Kier alpha value is -1.86. The minimum atomic E-state index is -0.245. The Kier molecular flexibility index (Phi) is 5.77. The summed E-state index contributed by atoms with van der Waals surface area (Å²) in [5.74, 6) is 0.955. The number of nitrogens with one attached hydrogen (secondary N) is 2. The number of piperazine rings is 1. The van der Waals surface area contributed by atoms with Crippen molar-refractivity contribution in [1.82, 2.24) is 20.1 Å². The molecule has 0 saturated carbocycles. The third-order valence-electron chi connectivity index (χ3n) is 3.48. The maximum atomic E-state index is 11.8. The Bertz CT molecular complexity index is 460. The molecule has 1 aliphatic rings. The number of hydrogen-bond donors (Lipinski definition) is 2. The third-order valence-corrected chi connectivity index (χ3v) is 3.48. The average molecular weight is 293 g/mol. The number of rotatable bonds is 5. The van der Waals surface area contributed by atoms with Crippen molar-refractivity contribution < 1.29 is 9.53 Å². The lowest BCUT2D eigenvalue weighted by atomic mass is 10.3. The summed E-state index contributed by atoms with van der Waals surface area (Å²) in [6, 6.07) is 5.00. The van der Waals surface area contributed by atoms with Crippen LogP contribution in [0.25, 0.3) is 0 Å². The molecule has 2 amide bonds. The van der Waals surface area contributed by atoms with Crippen LogP contribution in [0.15, 0.2) is 18.2 Å². The number of carbonyl (C=O) groups is 1. The van der Waals surface area contributed by atoms with Gasteiger partial charge in [0.15, 0.2) is 0 Å². The number of carbonyl (C=O) groups excluding carboxylic acids is 1. The lowest BCUT2D eigenvalue weighted by molar-refractivity contribution is 0.155. The predicted octanol–water partition coefficient (Wildman–Crippen LogP) is 0.459. The molecular formula is C14H23N5O2. The van der Waals surface area contributed by atoms with Crippen molar-refractivity contribution in [3.05, 3.63) is 18.2 Å². The van der Waals surface area contributed by atoms with E-state index >= 15 is 0 Å². The van der Waals surface area contributed by atoms with Crippen LogP contribution in [0.3, 0.4) is 0 Å². The van der Waals surface area contributed by atoms with E-state index in [0.29, 0.717) is 18.2 Å². The van der Waals surface area contributed by atoms with Crippen molar-refractivity contribution in [2.45, 2.75) is 0 Å².